The molecule has 6 atom stereocenters. The van der Waals surface area contributed by atoms with Gasteiger partial charge in [0.25, 0.3) is 0 Å². The first-order valence-corrected chi connectivity index (χ1v) is 9.49. The lowest BCUT2D eigenvalue weighted by atomic mass is 9.46. The van der Waals surface area contributed by atoms with Crippen LogP contribution in [0.1, 0.15) is 65.7 Å². The van der Waals surface area contributed by atoms with Crippen molar-refractivity contribution >= 4 is 5.97 Å². The third-order valence-electron chi connectivity index (χ3n) is 7.75. The molecule has 4 rings (SSSR count). The molecule has 0 saturated heterocycles. The molecule has 0 amide bonds. The second-order valence-electron chi connectivity index (χ2n) is 8.94. The van der Waals surface area contributed by atoms with Gasteiger partial charge in [0.15, 0.2) is 0 Å². The van der Waals surface area contributed by atoms with Crippen molar-refractivity contribution in [1.82, 2.24) is 0 Å². The van der Waals surface area contributed by atoms with E-state index in [4.69, 9.17) is 4.74 Å². The average molecular weight is 314 g/mol. The van der Waals surface area contributed by atoms with Crippen LogP contribution in [0.15, 0.2) is 23.8 Å². The molecule has 0 aromatic heterocycles. The van der Waals surface area contributed by atoms with Gasteiger partial charge in [-0.05, 0) is 68.1 Å². The minimum atomic E-state index is -0.108. The van der Waals surface area contributed by atoms with Gasteiger partial charge in [0.05, 0.1) is 0 Å². The lowest BCUT2D eigenvalue weighted by Crippen LogP contribution is -2.51. The van der Waals surface area contributed by atoms with Crippen LogP contribution in [0.25, 0.3) is 0 Å². The highest BCUT2D eigenvalue weighted by molar-refractivity contribution is 5.66. The highest BCUT2D eigenvalue weighted by Crippen LogP contribution is 2.63. The van der Waals surface area contributed by atoms with Crippen LogP contribution in [-0.2, 0) is 9.53 Å². The number of esters is 1. The third kappa shape index (κ3) is 2.32. The van der Waals surface area contributed by atoms with Crippen molar-refractivity contribution in [2.45, 2.75) is 71.8 Å². The smallest absolute Gasteiger partial charge is 0.302 e. The lowest BCUT2D eigenvalue weighted by Gasteiger charge is -2.59. The summed E-state index contributed by atoms with van der Waals surface area (Å²) in [6.07, 6.45) is 16.0. The molecule has 2 nitrogen and oxygen atoms in total. The largest absolute Gasteiger partial charge is 0.463 e. The maximum Gasteiger partial charge on any atom is 0.302 e. The summed E-state index contributed by atoms with van der Waals surface area (Å²) in [5.74, 6) is 2.25. The van der Waals surface area contributed by atoms with Crippen LogP contribution in [-0.4, -0.2) is 12.1 Å². The molecule has 0 aromatic rings. The molecule has 0 N–H and O–H groups in total. The van der Waals surface area contributed by atoms with Crippen molar-refractivity contribution in [3.63, 3.8) is 0 Å². The number of hydrogen-bond acceptors (Lipinski definition) is 2. The third-order valence-corrected chi connectivity index (χ3v) is 7.75. The van der Waals surface area contributed by atoms with Crippen LogP contribution >= 0.6 is 0 Å². The van der Waals surface area contributed by atoms with E-state index in [0.717, 1.165) is 30.6 Å². The molecule has 4 aliphatic rings. The van der Waals surface area contributed by atoms with E-state index in [0.29, 0.717) is 10.8 Å². The minimum absolute atomic E-state index is 0.108. The van der Waals surface area contributed by atoms with Gasteiger partial charge in [-0.1, -0.05) is 37.6 Å². The summed E-state index contributed by atoms with van der Waals surface area (Å²) in [5, 5.41) is 0. The number of ether oxygens (including phenoxy) is 1. The van der Waals surface area contributed by atoms with E-state index in [2.05, 4.69) is 32.1 Å². The van der Waals surface area contributed by atoms with E-state index < -0.39 is 0 Å². The van der Waals surface area contributed by atoms with Crippen molar-refractivity contribution in [3.05, 3.63) is 23.8 Å². The van der Waals surface area contributed by atoms with E-state index in [1.165, 1.54) is 32.1 Å². The number of rotatable bonds is 1. The van der Waals surface area contributed by atoms with Gasteiger partial charge in [-0.15, -0.1) is 0 Å². The molecule has 0 bridgehead atoms. The Hall–Kier alpha value is -1.05. The highest BCUT2D eigenvalue weighted by atomic mass is 16.5. The second-order valence-corrected chi connectivity index (χ2v) is 8.94. The van der Waals surface area contributed by atoms with Crippen LogP contribution < -0.4 is 0 Å². The maximum atomic E-state index is 11.3. The SMILES string of the molecule is CC(=O)O[C@H]1CC[C@@]2(C)C(CC[C@H]3C4=CC=C[C@@]4(C)CC[C@@H]32)C1. The predicted octanol–water partition coefficient (Wildman–Crippen LogP) is 5.05. The Balaban J connectivity index is 1.55. The van der Waals surface area contributed by atoms with Crippen molar-refractivity contribution in [1.29, 1.82) is 0 Å². The summed E-state index contributed by atoms with van der Waals surface area (Å²) in [6.45, 7) is 6.53. The van der Waals surface area contributed by atoms with Gasteiger partial charge >= 0.3 is 5.97 Å². The van der Waals surface area contributed by atoms with E-state index in [9.17, 15) is 4.79 Å². The molecule has 4 aliphatic carbocycles. The first-order valence-electron chi connectivity index (χ1n) is 9.49. The first-order chi connectivity index (χ1) is 10.9. The van der Waals surface area contributed by atoms with Gasteiger partial charge in [-0.25, -0.2) is 0 Å². The van der Waals surface area contributed by atoms with Crippen LogP contribution in [0.3, 0.4) is 0 Å². The van der Waals surface area contributed by atoms with Crippen molar-refractivity contribution in [2.24, 2.45) is 28.6 Å². The Kier molecular flexibility index (Phi) is 3.52. The summed E-state index contributed by atoms with van der Waals surface area (Å²) in [4.78, 5) is 11.3. The Morgan fingerprint density at radius 3 is 2.78 bits per heavy atom. The monoisotopic (exact) mass is 314 g/mol. The van der Waals surface area contributed by atoms with E-state index in [1.807, 2.05) is 0 Å². The van der Waals surface area contributed by atoms with E-state index in [1.54, 1.807) is 12.5 Å². The fraction of sp³-hybridized carbons (Fsp3) is 0.762. The average Bonchev–Trinajstić information content (AvgIpc) is 2.89. The molecule has 0 heterocycles. The first kappa shape index (κ1) is 15.5. The molecule has 0 aromatic carbocycles. The van der Waals surface area contributed by atoms with E-state index >= 15 is 0 Å². The molecule has 0 spiro atoms. The summed E-state index contributed by atoms with van der Waals surface area (Å²) < 4.78 is 5.55. The zero-order valence-electron chi connectivity index (χ0n) is 14.8. The molecule has 2 heteroatoms. The van der Waals surface area contributed by atoms with Crippen molar-refractivity contribution in [2.75, 3.05) is 0 Å². The fourth-order valence-electron chi connectivity index (χ4n) is 6.48. The van der Waals surface area contributed by atoms with Gasteiger partial charge < -0.3 is 4.74 Å². The Bertz CT molecular complexity index is 574. The number of allylic oxidation sites excluding steroid dienone is 4. The molecule has 0 aliphatic heterocycles. The molecule has 23 heavy (non-hydrogen) atoms. The normalized spacial score (nSPS) is 48.0. The predicted molar refractivity (Wildman–Crippen MR) is 91.8 cm³/mol. The van der Waals surface area contributed by atoms with E-state index in [-0.39, 0.29) is 12.1 Å². The van der Waals surface area contributed by atoms with Gasteiger partial charge in [0.1, 0.15) is 6.10 Å². The number of fused-ring (bicyclic) bond motifs is 5. The molecule has 126 valence electrons. The Labute approximate surface area is 140 Å². The van der Waals surface area contributed by atoms with Crippen LogP contribution in [0.2, 0.25) is 0 Å². The van der Waals surface area contributed by atoms with Gasteiger partial charge in [-0.2, -0.15) is 0 Å². The summed E-state index contributed by atoms with van der Waals surface area (Å²) in [5.41, 5.74) is 2.51. The fourth-order valence-corrected chi connectivity index (χ4v) is 6.48. The number of carbonyl (C=O) groups excluding carboxylic acids is 1. The number of hydrogen-bond donors (Lipinski definition) is 0. The summed E-state index contributed by atoms with van der Waals surface area (Å²) >= 11 is 0. The molecule has 1 unspecified atom stereocenters. The lowest BCUT2D eigenvalue weighted by molar-refractivity contribution is -0.154. The Morgan fingerprint density at radius 1 is 1.17 bits per heavy atom. The maximum absolute atomic E-state index is 11.3. The number of carbonyl (C=O) groups is 1. The quantitative estimate of drug-likeness (QED) is 0.633. The molecule has 3 fully saturated rings. The Morgan fingerprint density at radius 2 is 2.00 bits per heavy atom. The zero-order valence-corrected chi connectivity index (χ0v) is 14.8. The highest BCUT2D eigenvalue weighted by Gasteiger charge is 2.55. The standard InChI is InChI=1S/C21H30O2/c1-14(22)23-16-8-12-21(3)15(13-16)6-7-17-18-5-4-10-20(18,2)11-9-19(17)21/h4-5,10,15-17,19H,6-9,11-13H2,1-3H3/t15?,16-,17-,19-,20-,21-/m0/s1. The van der Waals surface area contributed by atoms with Crippen LogP contribution in [0.5, 0.6) is 0 Å². The van der Waals surface area contributed by atoms with Crippen LogP contribution in [0.4, 0.5) is 0 Å². The van der Waals surface area contributed by atoms with Gasteiger partial charge in [-0.3, -0.25) is 4.79 Å². The topological polar surface area (TPSA) is 26.3 Å². The zero-order chi connectivity index (χ0) is 16.2. The van der Waals surface area contributed by atoms with Gasteiger partial charge in [0, 0.05) is 12.3 Å². The minimum Gasteiger partial charge on any atom is -0.463 e. The molecular weight excluding hydrogens is 284 g/mol. The van der Waals surface area contributed by atoms with Crippen molar-refractivity contribution < 1.29 is 9.53 Å². The summed E-state index contributed by atoms with van der Waals surface area (Å²) in [7, 11) is 0. The van der Waals surface area contributed by atoms with Crippen molar-refractivity contribution in [3.8, 4) is 0 Å². The summed E-state index contributed by atoms with van der Waals surface area (Å²) in [6, 6.07) is 0. The van der Waals surface area contributed by atoms with Gasteiger partial charge in [0.2, 0.25) is 0 Å². The molecule has 3 saturated carbocycles. The molecule has 0 radical (unpaired) electrons. The second kappa shape index (κ2) is 5.22. The van der Waals surface area contributed by atoms with Crippen LogP contribution in [0, 0.1) is 28.6 Å². The molecular formula is C21H30O2.